The average Bonchev–Trinajstić information content (AvgIpc) is 1.63. The van der Waals surface area contributed by atoms with E-state index in [0.29, 0.717) is 58.8 Å². The molecule has 15 amide bonds. The third-order valence-electron chi connectivity index (χ3n) is 14.4. The first-order valence-corrected chi connectivity index (χ1v) is 39.0. The second-order valence-electron chi connectivity index (χ2n) is 27.3. The molecule has 5 aromatic rings. The molecule has 1 unspecified atom stereocenters. The van der Waals surface area contributed by atoms with E-state index in [1.54, 1.807) is 121 Å². The molecule has 2 aliphatic rings. The first-order valence-electron chi connectivity index (χ1n) is 34.9. The fourth-order valence-corrected chi connectivity index (χ4v) is 13.7. The fraction of sp³-hybridized carbons (Fsp3) is 0.400. The molecule has 0 spiro atoms. The first kappa shape index (κ1) is 94.1. The van der Waals surface area contributed by atoms with Crippen LogP contribution < -0.4 is 76.5 Å². The lowest BCUT2D eigenvalue weighted by Gasteiger charge is -2.22. The summed E-state index contributed by atoms with van der Waals surface area (Å²) in [6.07, 6.45) is 5.71. The van der Waals surface area contributed by atoms with E-state index < -0.39 is 59.5 Å². The van der Waals surface area contributed by atoms with Gasteiger partial charge in [-0.15, -0.1) is 0 Å². The highest BCUT2D eigenvalue weighted by Crippen LogP contribution is 2.31. The van der Waals surface area contributed by atoms with Gasteiger partial charge in [0.2, 0.25) is 29.5 Å². The molecule has 0 aromatic heterocycles. The van der Waals surface area contributed by atoms with Gasteiger partial charge in [0.15, 0.2) is 0 Å². The Kier molecular flexibility index (Phi) is 40.3. The number of nitrogens with two attached hydrogens (primary N) is 5. The Hall–Kier alpha value is -10.1. The molecule has 1 saturated heterocycles. The zero-order valence-corrected chi connectivity index (χ0v) is 67.7. The zero-order valence-electron chi connectivity index (χ0n) is 63.6. The zero-order chi connectivity index (χ0) is 82.6. The van der Waals surface area contributed by atoms with E-state index in [1.807, 2.05) is 69.2 Å². The number of thioether (sulfide) groups is 5. The van der Waals surface area contributed by atoms with Crippen LogP contribution in [0.5, 0.6) is 0 Å². The number of rotatable bonds is 24. The number of amides is 15. The van der Waals surface area contributed by atoms with Crippen molar-refractivity contribution in [1.82, 2.24) is 52.8 Å². The van der Waals surface area contributed by atoms with E-state index in [2.05, 4.69) is 47.9 Å². The molecule has 7 rings (SSSR count). The molecule has 1 saturated carbocycles. The standard InChI is InChI=1S/C17H21N3O3S.2C15H21N3O3S.2C14H19N3O3S/c18-15(21)13-10-20(13)16(22)12-8-4-5-9-14(12)24-17(23)19-11-6-2-1-3-7-11;1-9(12(16)19)17-13(20)10-7-5-6-8-11(10)22-14(21)18-15(2,3)4;1-15(2,3)18-14(21)22-11-7-5-4-6-10(11)13(20)17-9-8-12(16)19;1-8(2)16-14(20)21-11-7-5-4-6-10(11)13(19)17-9(3)12(15)18;1-9(2)17-14(20)21-11-6-4-3-5-10(11)13(19)16-8-7-12(15)18/h4-5,8-9,11,13H,1-3,6-7,10H2,(H2,18,21)(H,19,23);5-9H,1-4H3,(H2,16,19)(H,17,20)(H,18,21);4-7H,8-9H2,1-3H3,(H2,16,19)(H,17,20)(H,18,21);4-9H,1-3H3,(H2,15,18)(H,16,20)(H,17,19);3-6,9H,7-8H2,1-2H3,(H2,15,18)(H,16,19)(H,17,20)/t;9-;;9-;/m.1.0./s1. The normalized spacial score (nSPS) is 13.3. The molecule has 35 heteroatoms. The van der Waals surface area contributed by atoms with E-state index in [1.165, 1.54) is 25.2 Å². The van der Waals surface area contributed by atoms with Crippen molar-refractivity contribution >= 4 is 144 Å². The predicted octanol–water partition coefficient (Wildman–Crippen LogP) is 8.92. The number of nitrogens with one attached hydrogen (secondary N) is 9. The van der Waals surface area contributed by atoms with Crippen LogP contribution in [-0.4, -0.2) is 157 Å². The van der Waals surface area contributed by atoms with Crippen LogP contribution in [0.1, 0.15) is 180 Å². The minimum absolute atomic E-state index is 0.0147. The second kappa shape index (κ2) is 47.1. The van der Waals surface area contributed by atoms with Crippen molar-refractivity contribution < 1.29 is 71.9 Å². The maximum Gasteiger partial charge on any atom is 0.284 e. The Bertz CT molecular complexity index is 4070. The Morgan fingerprint density at radius 3 is 1.00 bits per heavy atom. The van der Waals surface area contributed by atoms with Crippen molar-refractivity contribution in [3.05, 3.63) is 149 Å². The van der Waals surface area contributed by atoms with Crippen molar-refractivity contribution in [2.45, 2.75) is 200 Å². The second-order valence-corrected chi connectivity index (χ2v) is 32.3. The van der Waals surface area contributed by atoms with Crippen molar-refractivity contribution in [3.63, 3.8) is 0 Å². The quantitative estimate of drug-likeness (QED) is 0.0202. The number of hydrogen-bond donors (Lipinski definition) is 14. The highest BCUT2D eigenvalue weighted by molar-refractivity contribution is 8.14. The van der Waals surface area contributed by atoms with Crippen LogP contribution >= 0.6 is 58.8 Å². The molecular weight excluding hydrogens is 1510 g/mol. The molecule has 5 aromatic carbocycles. The maximum atomic E-state index is 12.5. The van der Waals surface area contributed by atoms with E-state index in [0.717, 1.165) is 84.5 Å². The number of hydrogen-bond acceptors (Lipinski definition) is 20. The average molecular weight is 1610 g/mol. The maximum absolute atomic E-state index is 12.5. The molecule has 1 aliphatic carbocycles. The number of benzene rings is 5. The van der Waals surface area contributed by atoms with Gasteiger partial charge in [-0.05, 0) is 215 Å². The minimum atomic E-state index is -0.783. The smallest absolute Gasteiger partial charge is 0.284 e. The van der Waals surface area contributed by atoms with Crippen LogP contribution in [0.15, 0.2) is 146 Å². The first-order chi connectivity index (χ1) is 51.5. The summed E-state index contributed by atoms with van der Waals surface area (Å²) in [6.45, 7) is 22.4. The van der Waals surface area contributed by atoms with Gasteiger partial charge < -0.3 is 81.4 Å². The lowest BCUT2D eigenvalue weighted by Crippen LogP contribution is -2.42. The molecule has 30 nitrogen and oxygen atoms in total. The van der Waals surface area contributed by atoms with Gasteiger partial charge in [-0.25, -0.2) is 0 Å². The topological polar surface area (TPSA) is 497 Å². The van der Waals surface area contributed by atoms with E-state index in [4.69, 9.17) is 28.7 Å². The van der Waals surface area contributed by atoms with Crippen LogP contribution in [0.3, 0.4) is 0 Å². The van der Waals surface area contributed by atoms with Crippen molar-refractivity contribution in [3.8, 4) is 0 Å². The number of carbonyl (C=O) groups is 15. The van der Waals surface area contributed by atoms with E-state index >= 15 is 0 Å². The number of primary amides is 5. The molecule has 2 fully saturated rings. The van der Waals surface area contributed by atoms with Gasteiger partial charge >= 0.3 is 0 Å². The third-order valence-corrected chi connectivity index (χ3v) is 18.8. The minimum Gasteiger partial charge on any atom is -0.370 e. The largest absolute Gasteiger partial charge is 0.370 e. The van der Waals surface area contributed by atoms with Gasteiger partial charge in [0, 0.05) is 79.6 Å². The molecule has 110 heavy (non-hydrogen) atoms. The highest BCUT2D eigenvalue weighted by atomic mass is 32.2. The lowest BCUT2D eigenvalue weighted by molar-refractivity contribution is -0.120. The summed E-state index contributed by atoms with van der Waals surface area (Å²) in [4.78, 5) is 179. The molecule has 1 heterocycles. The Morgan fingerprint density at radius 1 is 0.400 bits per heavy atom. The summed E-state index contributed by atoms with van der Waals surface area (Å²) < 4.78 is 0. The van der Waals surface area contributed by atoms with Crippen LogP contribution in [0.2, 0.25) is 0 Å². The van der Waals surface area contributed by atoms with Gasteiger partial charge in [-0.3, -0.25) is 71.9 Å². The monoisotopic (exact) mass is 1610 g/mol. The van der Waals surface area contributed by atoms with Gasteiger partial charge in [0.1, 0.15) is 18.1 Å². The SMILES string of the molecule is CC(C)(C)NC(=O)Sc1ccccc1C(=O)NCCC(N)=O.CC(C)NC(=O)Sc1ccccc1C(=O)NCCC(N)=O.CC(C)NC(=O)Sc1ccccc1C(=O)N[C@@H](C)C(N)=O.C[C@@H](NC(=O)c1ccccc1SC(=O)NC(C)(C)C)C(N)=O.NC(=O)C1CN1C(=O)c1ccccc1SC(=O)NC1CCCCC1. The van der Waals surface area contributed by atoms with E-state index in [-0.39, 0.29) is 99.1 Å². The van der Waals surface area contributed by atoms with Crippen LogP contribution in [0.25, 0.3) is 0 Å². The lowest BCUT2D eigenvalue weighted by atomic mass is 9.96. The molecule has 0 radical (unpaired) electrons. The van der Waals surface area contributed by atoms with Gasteiger partial charge in [0.05, 0.1) is 34.4 Å². The van der Waals surface area contributed by atoms with Crippen molar-refractivity contribution in [2.24, 2.45) is 28.7 Å². The Morgan fingerprint density at radius 2 is 0.700 bits per heavy atom. The predicted molar refractivity (Wildman–Crippen MR) is 429 cm³/mol. The number of carbonyl (C=O) groups excluding carboxylic acids is 15. The van der Waals surface area contributed by atoms with Crippen molar-refractivity contribution in [2.75, 3.05) is 19.6 Å². The molecular formula is C75H101N15O15S5. The third kappa shape index (κ3) is 37.3. The van der Waals surface area contributed by atoms with Gasteiger partial charge in [-0.2, -0.15) is 0 Å². The van der Waals surface area contributed by atoms with E-state index in [9.17, 15) is 71.9 Å². The molecule has 0 bridgehead atoms. The molecule has 1 aliphatic heterocycles. The van der Waals surface area contributed by atoms with Gasteiger partial charge in [-0.1, -0.05) is 79.9 Å². The summed E-state index contributed by atoms with van der Waals surface area (Å²) in [5.41, 5.74) is 26.7. The Labute approximate surface area is 662 Å². The fourth-order valence-electron chi connectivity index (χ4n) is 9.08. The number of nitrogens with zero attached hydrogens (tertiary/aromatic N) is 1. The van der Waals surface area contributed by atoms with Crippen LogP contribution in [0, 0.1) is 0 Å². The Balaban J connectivity index is 0.000000357. The highest BCUT2D eigenvalue weighted by Gasteiger charge is 2.44. The van der Waals surface area contributed by atoms with Crippen molar-refractivity contribution in [1.29, 1.82) is 0 Å². The molecule has 19 N–H and O–H groups in total. The summed E-state index contributed by atoms with van der Waals surface area (Å²) in [6, 6.07) is 32.2. The van der Waals surface area contributed by atoms with Crippen LogP contribution in [0.4, 0.5) is 24.0 Å². The van der Waals surface area contributed by atoms with Crippen LogP contribution in [-0.2, 0) is 24.0 Å². The summed E-state index contributed by atoms with van der Waals surface area (Å²) in [5, 5.41) is 23.3. The molecule has 3 atom stereocenters. The molecule has 596 valence electrons. The summed E-state index contributed by atoms with van der Waals surface area (Å²) >= 11 is 4.83. The summed E-state index contributed by atoms with van der Waals surface area (Å²) in [5.74, 6) is -4.52. The summed E-state index contributed by atoms with van der Waals surface area (Å²) in [7, 11) is 0. The van der Waals surface area contributed by atoms with Gasteiger partial charge in [0.25, 0.3) is 55.7 Å².